The molecule has 52 valence electrons. The summed E-state index contributed by atoms with van der Waals surface area (Å²) in [5.74, 6) is 0. The second kappa shape index (κ2) is 3.01. The molecular weight excluding hydrogens is 241 g/mol. The van der Waals surface area contributed by atoms with Crippen molar-refractivity contribution in [1.29, 1.82) is 0 Å². The molecule has 10 heavy (non-hydrogen) atoms. The van der Waals surface area contributed by atoms with Gasteiger partial charge in [-0.1, -0.05) is 0 Å². The van der Waals surface area contributed by atoms with Crippen LogP contribution in [0.25, 0.3) is 0 Å². The van der Waals surface area contributed by atoms with Crippen LogP contribution in [-0.4, -0.2) is 3.79 Å². The molecule has 1 aromatic rings. The second-order valence-corrected chi connectivity index (χ2v) is 2.88. The van der Waals surface area contributed by atoms with E-state index in [1.165, 1.54) is 0 Å². The van der Waals surface area contributed by atoms with Gasteiger partial charge in [0.1, 0.15) is 0 Å². The number of rotatable bonds is 1. The molecule has 0 aliphatic rings. The molecule has 3 heteroatoms. The molecule has 0 unspecified atom stereocenters. The molecular formula is C7H6INO. The van der Waals surface area contributed by atoms with Crippen LogP contribution in [0.2, 0.25) is 0 Å². The summed E-state index contributed by atoms with van der Waals surface area (Å²) >= 11 is 1.74. The lowest BCUT2D eigenvalue weighted by atomic mass is 10.2. The highest BCUT2D eigenvalue weighted by atomic mass is 127. The van der Waals surface area contributed by atoms with Crippen LogP contribution in [0.15, 0.2) is 24.3 Å². The van der Waals surface area contributed by atoms with Gasteiger partial charge in [-0.3, -0.25) is 4.79 Å². The maximum Gasteiger partial charge on any atom is 0.222 e. The van der Waals surface area contributed by atoms with Gasteiger partial charge in [0.25, 0.3) is 0 Å². The molecule has 0 fully saturated rings. The van der Waals surface area contributed by atoms with Gasteiger partial charge in [-0.2, -0.15) is 0 Å². The van der Waals surface area contributed by atoms with Crippen molar-refractivity contribution in [2.45, 2.75) is 0 Å². The van der Waals surface area contributed by atoms with Gasteiger partial charge in [-0.05, 0) is 24.3 Å². The van der Waals surface area contributed by atoms with Crippen molar-refractivity contribution in [1.82, 2.24) is 0 Å². The van der Waals surface area contributed by atoms with Gasteiger partial charge >= 0.3 is 0 Å². The number of nitrogen functional groups attached to an aromatic ring is 1. The first kappa shape index (κ1) is 7.53. The molecule has 0 radical (unpaired) electrons. The Kier molecular flexibility index (Phi) is 2.26. The summed E-state index contributed by atoms with van der Waals surface area (Å²) in [4.78, 5) is 10.7. The lowest BCUT2D eigenvalue weighted by molar-refractivity contribution is 0.110. The summed E-state index contributed by atoms with van der Waals surface area (Å²) in [7, 11) is 0. The first-order valence-electron chi connectivity index (χ1n) is 2.75. The van der Waals surface area contributed by atoms with Gasteiger partial charge in [0.15, 0.2) is 0 Å². The summed E-state index contributed by atoms with van der Waals surface area (Å²) in [6, 6.07) is 6.85. The minimum atomic E-state index is 0.0394. The number of carbonyl (C=O) groups excluding carboxylic acids is 1. The Morgan fingerprint density at radius 2 is 1.80 bits per heavy atom. The van der Waals surface area contributed by atoms with Crippen LogP contribution in [0.1, 0.15) is 10.4 Å². The zero-order chi connectivity index (χ0) is 7.56. The minimum Gasteiger partial charge on any atom is -0.399 e. The van der Waals surface area contributed by atoms with E-state index in [0.29, 0.717) is 11.3 Å². The Morgan fingerprint density at radius 3 is 2.20 bits per heavy atom. The molecule has 0 spiro atoms. The number of hydrogen-bond acceptors (Lipinski definition) is 2. The predicted octanol–water partition coefficient (Wildman–Crippen LogP) is 1.84. The van der Waals surface area contributed by atoms with Crippen LogP contribution >= 0.6 is 22.6 Å². The minimum absolute atomic E-state index is 0.0394. The van der Waals surface area contributed by atoms with Crippen molar-refractivity contribution in [3.05, 3.63) is 29.8 Å². The van der Waals surface area contributed by atoms with E-state index in [9.17, 15) is 4.79 Å². The van der Waals surface area contributed by atoms with Crippen LogP contribution in [0.5, 0.6) is 0 Å². The Hall–Kier alpha value is -0.580. The molecule has 1 rings (SSSR count). The molecule has 2 N–H and O–H groups in total. The summed E-state index contributed by atoms with van der Waals surface area (Å²) in [6.45, 7) is 0. The SMILES string of the molecule is Nc1ccc(C(=O)I)cc1. The highest BCUT2D eigenvalue weighted by molar-refractivity contribution is 14.1. The lowest BCUT2D eigenvalue weighted by Crippen LogP contribution is -1.88. The highest BCUT2D eigenvalue weighted by Crippen LogP contribution is 2.08. The molecule has 2 nitrogen and oxygen atoms in total. The van der Waals surface area contributed by atoms with Gasteiger partial charge in [-0.15, -0.1) is 0 Å². The molecule has 0 bridgehead atoms. The third kappa shape index (κ3) is 1.70. The van der Waals surface area contributed by atoms with Crippen LogP contribution in [0.3, 0.4) is 0 Å². The van der Waals surface area contributed by atoms with Crippen LogP contribution in [-0.2, 0) is 0 Å². The van der Waals surface area contributed by atoms with E-state index in [4.69, 9.17) is 5.73 Å². The molecule has 0 saturated carbocycles. The molecule has 0 aromatic heterocycles. The summed E-state index contributed by atoms with van der Waals surface area (Å²) < 4.78 is 0.0394. The average Bonchev–Trinajstić information content (AvgIpc) is 1.88. The number of anilines is 1. The van der Waals surface area contributed by atoms with Crippen molar-refractivity contribution < 1.29 is 4.79 Å². The van der Waals surface area contributed by atoms with E-state index in [-0.39, 0.29) is 3.79 Å². The first-order valence-corrected chi connectivity index (χ1v) is 3.83. The summed E-state index contributed by atoms with van der Waals surface area (Å²) in [5, 5.41) is 0. The number of nitrogens with two attached hydrogens (primary N) is 1. The summed E-state index contributed by atoms with van der Waals surface area (Å²) in [5.41, 5.74) is 6.78. The second-order valence-electron chi connectivity index (χ2n) is 1.90. The Balaban J connectivity index is 3.00. The van der Waals surface area contributed by atoms with Crippen molar-refractivity contribution in [2.24, 2.45) is 0 Å². The molecule has 1 aromatic carbocycles. The predicted molar refractivity (Wildman–Crippen MR) is 49.2 cm³/mol. The van der Waals surface area contributed by atoms with Crippen LogP contribution in [0.4, 0.5) is 5.69 Å². The molecule has 0 aliphatic heterocycles. The number of carbonyl (C=O) groups is 1. The van der Waals surface area contributed by atoms with Crippen molar-refractivity contribution in [3.63, 3.8) is 0 Å². The van der Waals surface area contributed by atoms with E-state index < -0.39 is 0 Å². The highest BCUT2D eigenvalue weighted by Gasteiger charge is 1.97. The van der Waals surface area contributed by atoms with Gasteiger partial charge < -0.3 is 5.73 Å². The Bertz CT molecular complexity index is 242. The van der Waals surface area contributed by atoms with Gasteiger partial charge in [0.05, 0.1) is 0 Å². The van der Waals surface area contributed by atoms with Crippen LogP contribution in [0, 0.1) is 0 Å². The zero-order valence-corrected chi connectivity index (χ0v) is 7.33. The normalized spacial score (nSPS) is 9.30. The quantitative estimate of drug-likeness (QED) is 0.467. The number of hydrogen-bond donors (Lipinski definition) is 1. The third-order valence-electron chi connectivity index (χ3n) is 1.14. The summed E-state index contributed by atoms with van der Waals surface area (Å²) in [6.07, 6.45) is 0. The van der Waals surface area contributed by atoms with Gasteiger partial charge in [-0.25, -0.2) is 0 Å². The van der Waals surface area contributed by atoms with Gasteiger partial charge in [0.2, 0.25) is 3.79 Å². The topological polar surface area (TPSA) is 43.1 Å². The molecule has 0 heterocycles. The third-order valence-corrected chi connectivity index (χ3v) is 1.76. The van der Waals surface area contributed by atoms with Crippen LogP contribution < -0.4 is 5.73 Å². The number of benzene rings is 1. The molecule has 0 saturated heterocycles. The largest absolute Gasteiger partial charge is 0.399 e. The fourth-order valence-corrected chi connectivity index (χ4v) is 0.974. The zero-order valence-electron chi connectivity index (χ0n) is 5.17. The van der Waals surface area contributed by atoms with E-state index in [1.54, 1.807) is 46.9 Å². The fraction of sp³-hybridized carbons (Fsp3) is 0. The van der Waals surface area contributed by atoms with Crippen molar-refractivity contribution >= 4 is 32.1 Å². The van der Waals surface area contributed by atoms with Gasteiger partial charge in [0, 0.05) is 33.8 Å². The first-order chi connectivity index (χ1) is 4.70. The smallest absolute Gasteiger partial charge is 0.222 e. The molecule has 0 atom stereocenters. The van der Waals surface area contributed by atoms with Crippen molar-refractivity contribution in [2.75, 3.05) is 5.73 Å². The maximum atomic E-state index is 10.7. The standard InChI is InChI=1S/C7H6INO/c8-7(10)5-1-3-6(9)4-2-5/h1-4H,9H2. The lowest BCUT2D eigenvalue weighted by Gasteiger charge is -1.93. The monoisotopic (exact) mass is 247 g/mol. The van der Waals surface area contributed by atoms with E-state index in [0.717, 1.165) is 0 Å². The Labute approximate surface area is 72.6 Å². The average molecular weight is 247 g/mol. The molecule has 0 amide bonds. The van der Waals surface area contributed by atoms with E-state index in [2.05, 4.69) is 0 Å². The van der Waals surface area contributed by atoms with Crippen molar-refractivity contribution in [3.8, 4) is 0 Å². The maximum absolute atomic E-state index is 10.7. The fourth-order valence-electron chi connectivity index (χ4n) is 0.614. The van der Waals surface area contributed by atoms with E-state index >= 15 is 0 Å². The Morgan fingerprint density at radius 1 is 1.30 bits per heavy atom. The molecule has 0 aliphatic carbocycles. The van der Waals surface area contributed by atoms with E-state index in [1.807, 2.05) is 0 Å². The number of halogens is 1.